The zero-order chi connectivity index (χ0) is 9.45. The average molecular weight is 230 g/mol. The molecule has 0 spiro atoms. The maximum Gasteiger partial charge on any atom is 0.183 e. The van der Waals surface area contributed by atoms with Crippen molar-refractivity contribution in [1.82, 2.24) is 0 Å². The third-order valence-electron chi connectivity index (χ3n) is 1.06. The van der Waals surface area contributed by atoms with Gasteiger partial charge < -0.3 is 12.5 Å². The Morgan fingerprint density at radius 2 is 1.25 bits per heavy atom. The molecule has 0 saturated carbocycles. The largest absolute Gasteiger partial charge is 0.316 e. The van der Waals surface area contributed by atoms with Crippen LogP contribution in [-0.4, -0.2) is 24.7 Å². The van der Waals surface area contributed by atoms with Gasteiger partial charge in [-0.2, -0.15) is 0 Å². The van der Waals surface area contributed by atoms with E-state index in [9.17, 15) is 0 Å². The predicted molar refractivity (Wildman–Crippen MR) is 56.8 cm³/mol. The van der Waals surface area contributed by atoms with E-state index in [0.717, 1.165) is 6.42 Å². The lowest BCUT2D eigenvalue weighted by atomic mass is 10.6. The fourth-order valence-corrected chi connectivity index (χ4v) is 3.27. The van der Waals surface area contributed by atoms with Crippen molar-refractivity contribution in [2.45, 2.75) is 16.8 Å². The molecule has 0 aliphatic carbocycles. The minimum absolute atomic E-state index is 0.224. The van der Waals surface area contributed by atoms with Gasteiger partial charge in [0.05, 0.1) is 21.3 Å². The van der Waals surface area contributed by atoms with Crippen molar-refractivity contribution in [2.75, 3.05) is 21.3 Å². The molecule has 0 aliphatic heterocycles. The first kappa shape index (κ1) is 12.9. The molecule has 0 aromatic rings. The molecular formula is C6H14O3S3. The van der Waals surface area contributed by atoms with Crippen LogP contribution in [0.4, 0.5) is 0 Å². The van der Waals surface area contributed by atoms with E-state index in [0.29, 0.717) is 0 Å². The Kier molecular flexibility index (Phi) is 7.91. The fraction of sp³-hybridized carbons (Fsp3) is 1.00. The van der Waals surface area contributed by atoms with Gasteiger partial charge in [-0.25, -0.2) is 0 Å². The molecule has 0 fully saturated rings. The molecule has 0 bridgehead atoms. The summed E-state index contributed by atoms with van der Waals surface area (Å²) < 4.78 is 14.8. The third-order valence-corrected chi connectivity index (χ3v) is 4.42. The number of hydrogen-bond donors (Lipinski definition) is 0. The Hall–Kier alpha value is 0.930. The second kappa shape index (κ2) is 7.34. The topological polar surface area (TPSA) is 27.7 Å². The van der Waals surface area contributed by atoms with E-state index >= 15 is 0 Å². The first-order valence-electron chi connectivity index (χ1n) is 3.40. The van der Waals surface area contributed by atoms with Gasteiger partial charge in [-0.05, 0) is 6.42 Å². The van der Waals surface area contributed by atoms with Crippen LogP contribution >= 0.6 is 36.1 Å². The summed E-state index contributed by atoms with van der Waals surface area (Å²) in [6, 6.07) is 0. The predicted octanol–water partition coefficient (Wildman–Crippen LogP) is 2.93. The molecule has 0 aliphatic rings. The maximum absolute atomic E-state index is 5.02. The molecule has 0 atom stereocenters. The van der Waals surface area contributed by atoms with E-state index in [1.165, 1.54) is 36.1 Å². The van der Waals surface area contributed by atoms with Gasteiger partial charge in [-0.15, -0.1) is 0 Å². The summed E-state index contributed by atoms with van der Waals surface area (Å²) in [6.07, 6.45) is 0.891. The van der Waals surface area contributed by atoms with Gasteiger partial charge in [0.2, 0.25) is 0 Å². The van der Waals surface area contributed by atoms with Crippen molar-refractivity contribution in [3.05, 3.63) is 0 Å². The first-order valence-corrected chi connectivity index (χ1v) is 5.62. The lowest BCUT2D eigenvalue weighted by Gasteiger charge is -2.25. The maximum atomic E-state index is 5.02. The van der Waals surface area contributed by atoms with Crippen LogP contribution in [0.1, 0.15) is 13.3 Å². The molecule has 12 heavy (non-hydrogen) atoms. The quantitative estimate of drug-likeness (QED) is 0.493. The Morgan fingerprint density at radius 1 is 0.917 bits per heavy atom. The van der Waals surface area contributed by atoms with Gasteiger partial charge in [-0.3, -0.25) is 0 Å². The van der Waals surface area contributed by atoms with Crippen molar-refractivity contribution in [1.29, 1.82) is 0 Å². The van der Waals surface area contributed by atoms with Crippen LogP contribution in [0.5, 0.6) is 0 Å². The van der Waals surface area contributed by atoms with Crippen LogP contribution in [-0.2, 0) is 12.5 Å². The van der Waals surface area contributed by atoms with Crippen LogP contribution < -0.4 is 0 Å². The average Bonchev–Trinajstić information content (AvgIpc) is 2.06. The molecule has 0 unspecified atom stereocenters. The fourth-order valence-electron chi connectivity index (χ4n) is 0.599. The summed E-state index contributed by atoms with van der Waals surface area (Å²) in [5, 5.41) is 0. The van der Waals surface area contributed by atoms with Crippen molar-refractivity contribution >= 4 is 36.1 Å². The van der Waals surface area contributed by atoms with E-state index < -0.39 is 0 Å². The highest BCUT2D eigenvalue weighted by Crippen LogP contribution is 2.49. The van der Waals surface area contributed by atoms with Gasteiger partial charge in [-0.1, -0.05) is 6.92 Å². The minimum atomic E-state index is -0.224. The SMILES string of the molecule is CCC(SOC)(SOC)SOC. The molecule has 0 heterocycles. The number of rotatable bonds is 7. The van der Waals surface area contributed by atoms with Crippen LogP contribution in [0.3, 0.4) is 0 Å². The van der Waals surface area contributed by atoms with E-state index in [1.807, 2.05) is 0 Å². The minimum Gasteiger partial charge on any atom is -0.316 e. The molecular weight excluding hydrogens is 216 g/mol. The van der Waals surface area contributed by atoms with E-state index in [1.54, 1.807) is 21.3 Å². The monoisotopic (exact) mass is 230 g/mol. The van der Waals surface area contributed by atoms with Crippen LogP contribution in [0.25, 0.3) is 0 Å². The van der Waals surface area contributed by atoms with Crippen LogP contribution in [0.15, 0.2) is 0 Å². The molecule has 0 aromatic heterocycles. The van der Waals surface area contributed by atoms with Crippen LogP contribution in [0, 0.1) is 0 Å². The molecule has 0 saturated heterocycles. The molecule has 6 heteroatoms. The lowest BCUT2D eigenvalue weighted by Crippen LogP contribution is -2.14. The molecule has 74 valence electrons. The van der Waals surface area contributed by atoms with Gasteiger partial charge in [0.25, 0.3) is 0 Å². The smallest absolute Gasteiger partial charge is 0.183 e. The third kappa shape index (κ3) is 4.25. The van der Waals surface area contributed by atoms with Crippen LogP contribution in [0.2, 0.25) is 0 Å². The Balaban J connectivity index is 4.06. The second-order valence-corrected chi connectivity index (χ2v) is 6.15. The van der Waals surface area contributed by atoms with E-state index in [2.05, 4.69) is 6.92 Å². The standard InChI is InChI=1S/C6H14O3S3/c1-5-6(10-7-2,11-8-3)12-9-4/h5H2,1-4H3. The first-order chi connectivity index (χ1) is 5.74. The van der Waals surface area contributed by atoms with Crippen molar-refractivity contribution < 1.29 is 12.5 Å². The van der Waals surface area contributed by atoms with Gasteiger partial charge in [0.1, 0.15) is 0 Å². The Labute approximate surface area is 86.9 Å². The number of hydrogen-bond acceptors (Lipinski definition) is 6. The second-order valence-electron chi connectivity index (χ2n) is 1.79. The molecule has 0 aromatic carbocycles. The summed E-state index contributed by atoms with van der Waals surface area (Å²) >= 11 is 4.05. The summed E-state index contributed by atoms with van der Waals surface area (Å²) in [5.74, 6) is 0. The van der Waals surface area contributed by atoms with Crippen molar-refractivity contribution in [3.8, 4) is 0 Å². The highest BCUT2D eigenvalue weighted by Gasteiger charge is 2.33. The summed E-state index contributed by atoms with van der Waals surface area (Å²) in [5.41, 5.74) is 0. The molecule has 0 radical (unpaired) electrons. The lowest BCUT2D eigenvalue weighted by molar-refractivity contribution is 0.460. The van der Waals surface area contributed by atoms with Crippen molar-refractivity contribution in [2.24, 2.45) is 0 Å². The zero-order valence-electron chi connectivity index (χ0n) is 7.66. The summed E-state index contributed by atoms with van der Waals surface area (Å²) in [6.45, 7) is 2.06. The molecule has 0 amide bonds. The Morgan fingerprint density at radius 3 is 1.42 bits per heavy atom. The molecule has 0 N–H and O–H groups in total. The van der Waals surface area contributed by atoms with Gasteiger partial charge in [0, 0.05) is 36.1 Å². The van der Waals surface area contributed by atoms with Crippen molar-refractivity contribution in [3.63, 3.8) is 0 Å². The molecule has 3 nitrogen and oxygen atoms in total. The van der Waals surface area contributed by atoms with E-state index in [-0.39, 0.29) is 3.41 Å². The van der Waals surface area contributed by atoms with E-state index in [4.69, 9.17) is 12.5 Å². The Bertz CT molecular complexity index is 95.2. The highest BCUT2D eigenvalue weighted by molar-refractivity contribution is 8.29. The van der Waals surface area contributed by atoms with Gasteiger partial charge >= 0.3 is 0 Å². The van der Waals surface area contributed by atoms with Gasteiger partial charge in [0.15, 0.2) is 3.41 Å². The molecule has 0 rings (SSSR count). The zero-order valence-corrected chi connectivity index (χ0v) is 10.1. The highest BCUT2D eigenvalue weighted by atomic mass is 32.3. The normalized spacial score (nSPS) is 12.0. The summed E-state index contributed by atoms with van der Waals surface area (Å²) in [7, 11) is 4.92. The summed E-state index contributed by atoms with van der Waals surface area (Å²) in [4.78, 5) is 0.